The molecule has 0 bridgehead atoms. The quantitative estimate of drug-likeness (QED) is 0.313. The van der Waals surface area contributed by atoms with Gasteiger partial charge in [-0.15, -0.1) is 0 Å². The number of fused-ring (bicyclic) bond motifs is 2. The van der Waals surface area contributed by atoms with Crippen LogP contribution < -0.4 is 10.2 Å². The molecular weight excluding hydrogens is 438 g/mol. The number of amides is 1. The number of carbonyl (C=O) groups excluding carboxylic acids is 2. The molecule has 174 valence electrons. The molecule has 9 nitrogen and oxygen atoms in total. The van der Waals surface area contributed by atoms with Crippen LogP contribution in [0.2, 0.25) is 0 Å². The van der Waals surface area contributed by atoms with Crippen molar-refractivity contribution < 1.29 is 24.4 Å². The number of nitrogens with one attached hydrogen (secondary N) is 1. The monoisotopic (exact) mass is 461 g/mol. The van der Waals surface area contributed by atoms with Gasteiger partial charge in [0.25, 0.3) is 11.6 Å². The number of nitrogens with zero attached hydrogens (tertiary/aromatic N) is 2. The molecule has 0 spiro atoms. The molecule has 0 saturated heterocycles. The Balaban J connectivity index is 1.60. The van der Waals surface area contributed by atoms with Gasteiger partial charge in [-0.25, -0.2) is 4.79 Å². The van der Waals surface area contributed by atoms with Gasteiger partial charge in [-0.05, 0) is 42.2 Å². The van der Waals surface area contributed by atoms with Gasteiger partial charge in [0.2, 0.25) is 0 Å². The number of non-ortho nitro benzene ring substituents is 1. The second-order valence-electron chi connectivity index (χ2n) is 7.70. The van der Waals surface area contributed by atoms with E-state index in [2.05, 4.69) is 5.32 Å². The first-order valence-electron chi connectivity index (χ1n) is 10.8. The highest BCUT2D eigenvalue weighted by atomic mass is 16.6. The highest BCUT2D eigenvalue weighted by Gasteiger charge is 2.27. The largest absolute Gasteiger partial charge is 0.452 e. The minimum absolute atomic E-state index is 0.0906. The lowest BCUT2D eigenvalue weighted by molar-refractivity contribution is -0.384. The molecule has 9 heteroatoms. The smallest absolute Gasteiger partial charge is 0.341 e. The van der Waals surface area contributed by atoms with Gasteiger partial charge in [0, 0.05) is 24.4 Å². The van der Waals surface area contributed by atoms with Gasteiger partial charge in [0.05, 0.1) is 28.5 Å². The zero-order valence-corrected chi connectivity index (χ0v) is 18.3. The highest BCUT2D eigenvalue weighted by molar-refractivity contribution is 6.04. The first-order chi connectivity index (χ1) is 16.5. The van der Waals surface area contributed by atoms with E-state index in [0.29, 0.717) is 0 Å². The van der Waals surface area contributed by atoms with Crippen LogP contribution in [0.25, 0.3) is 0 Å². The second-order valence-corrected chi connectivity index (χ2v) is 7.70. The predicted molar refractivity (Wildman–Crippen MR) is 126 cm³/mol. The van der Waals surface area contributed by atoms with Crippen molar-refractivity contribution in [1.29, 1.82) is 0 Å². The normalized spacial score (nSPS) is 12.2. The van der Waals surface area contributed by atoms with Crippen molar-refractivity contribution in [1.82, 2.24) is 0 Å². The Kier molecular flexibility index (Phi) is 6.84. The van der Waals surface area contributed by atoms with Gasteiger partial charge in [-0.3, -0.25) is 19.8 Å². The molecule has 1 amide bonds. The third-order valence-electron chi connectivity index (χ3n) is 5.57. The van der Waals surface area contributed by atoms with Crippen molar-refractivity contribution in [2.75, 3.05) is 30.0 Å². The minimum atomic E-state index is -0.881. The van der Waals surface area contributed by atoms with Crippen LogP contribution in [0.4, 0.5) is 22.7 Å². The molecule has 0 radical (unpaired) electrons. The molecule has 4 rings (SSSR count). The number of nitro groups is 1. The maximum Gasteiger partial charge on any atom is 0.341 e. The van der Waals surface area contributed by atoms with Gasteiger partial charge in [0.1, 0.15) is 0 Å². The zero-order valence-electron chi connectivity index (χ0n) is 18.3. The summed E-state index contributed by atoms with van der Waals surface area (Å²) in [4.78, 5) is 38.3. The summed E-state index contributed by atoms with van der Waals surface area (Å²) in [6.07, 6.45) is 1.54. The van der Waals surface area contributed by atoms with Crippen LogP contribution in [-0.4, -0.2) is 41.7 Å². The summed E-state index contributed by atoms with van der Waals surface area (Å²) in [5.74, 6) is -1.32. The van der Waals surface area contributed by atoms with Crippen molar-refractivity contribution >= 4 is 34.6 Å². The fourth-order valence-electron chi connectivity index (χ4n) is 3.98. The molecule has 0 aromatic heterocycles. The number of para-hydroxylation sites is 2. The number of hydrogen-bond donors (Lipinski definition) is 2. The summed E-state index contributed by atoms with van der Waals surface area (Å²) in [5, 5.41) is 23.1. The summed E-state index contributed by atoms with van der Waals surface area (Å²) in [7, 11) is 0. The lowest BCUT2D eigenvalue weighted by Crippen LogP contribution is -2.31. The summed E-state index contributed by atoms with van der Waals surface area (Å²) in [6, 6.07) is 18.9. The Morgan fingerprint density at radius 1 is 1.00 bits per heavy atom. The summed E-state index contributed by atoms with van der Waals surface area (Å²) in [5.41, 5.74) is 3.36. The molecule has 1 heterocycles. The van der Waals surface area contributed by atoms with Crippen LogP contribution in [0.3, 0.4) is 0 Å². The number of aliphatic hydroxyl groups excluding tert-OH is 1. The van der Waals surface area contributed by atoms with E-state index in [4.69, 9.17) is 9.84 Å². The molecule has 1 aliphatic heterocycles. The third kappa shape index (κ3) is 4.74. The number of rotatable bonds is 7. The molecule has 0 unspecified atom stereocenters. The van der Waals surface area contributed by atoms with E-state index in [0.717, 1.165) is 41.4 Å². The second kappa shape index (κ2) is 10.1. The van der Waals surface area contributed by atoms with Crippen LogP contribution >= 0.6 is 0 Å². The van der Waals surface area contributed by atoms with E-state index >= 15 is 0 Å². The molecule has 0 saturated carbocycles. The maximum atomic E-state index is 13.3. The van der Waals surface area contributed by atoms with Crippen molar-refractivity contribution in [2.45, 2.75) is 12.8 Å². The topological polar surface area (TPSA) is 122 Å². The average Bonchev–Trinajstić information content (AvgIpc) is 3.02. The van der Waals surface area contributed by atoms with E-state index < -0.39 is 23.4 Å². The van der Waals surface area contributed by atoms with Crippen LogP contribution in [0, 0.1) is 10.1 Å². The number of benzene rings is 3. The molecule has 0 fully saturated rings. The predicted octanol–water partition coefficient (Wildman–Crippen LogP) is 3.62. The summed E-state index contributed by atoms with van der Waals surface area (Å²) >= 11 is 0. The SMILES string of the molecule is O=C(OCC(=O)N1c2ccccc2CCc2ccccc21)c1cc([N+](=O)[O-])ccc1NCCO. The fraction of sp³-hybridized carbons (Fsp3) is 0.200. The molecular formula is C25H23N3O6. The summed E-state index contributed by atoms with van der Waals surface area (Å²) < 4.78 is 5.31. The van der Waals surface area contributed by atoms with Crippen LogP contribution in [0.1, 0.15) is 21.5 Å². The molecule has 34 heavy (non-hydrogen) atoms. The van der Waals surface area contributed by atoms with Crippen LogP contribution in [-0.2, 0) is 22.4 Å². The lowest BCUT2D eigenvalue weighted by atomic mass is 10.0. The zero-order chi connectivity index (χ0) is 24.1. The minimum Gasteiger partial charge on any atom is -0.452 e. The number of ether oxygens (including phenoxy) is 1. The van der Waals surface area contributed by atoms with E-state index in [1.807, 2.05) is 48.5 Å². The highest BCUT2D eigenvalue weighted by Crippen LogP contribution is 2.36. The molecule has 3 aromatic rings. The van der Waals surface area contributed by atoms with Gasteiger partial charge in [-0.1, -0.05) is 36.4 Å². The van der Waals surface area contributed by atoms with Gasteiger partial charge in [-0.2, -0.15) is 0 Å². The molecule has 3 aromatic carbocycles. The summed E-state index contributed by atoms with van der Waals surface area (Å²) in [6.45, 7) is -0.611. The standard InChI is InChI=1S/C25H23N3O6/c29-14-13-26-21-12-11-19(28(32)33)15-20(21)25(31)34-16-24(30)27-22-7-3-1-5-17(22)9-10-18-6-2-4-8-23(18)27/h1-8,11-12,15,26,29H,9-10,13-14,16H2. The maximum absolute atomic E-state index is 13.3. The van der Waals surface area contributed by atoms with E-state index in [1.54, 1.807) is 4.90 Å². The van der Waals surface area contributed by atoms with Crippen molar-refractivity contribution in [3.05, 3.63) is 93.5 Å². The number of aryl methyl sites for hydroxylation is 2. The van der Waals surface area contributed by atoms with Crippen molar-refractivity contribution in [3.8, 4) is 0 Å². The van der Waals surface area contributed by atoms with E-state index in [-0.39, 0.29) is 30.1 Å². The lowest BCUT2D eigenvalue weighted by Gasteiger charge is -2.25. The Labute approximate surface area is 195 Å². The number of nitro benzene ring substituents is 1. The number of anilines is 3. The number of hydrogen-bond acceptors (Lipinski definition) is 7. The molecule has 0 atom stereocenters. The molecule has 1 aliphatic rings. The van der Waals surface area contributed by atoms with E-state index in [1.165, 1.54) is 12.1 Å². The van der Waals surface area contributed by atoms with E-state index in [9.17, 15) is 19.7 Å². The van der Waals surface area contributed by atoms with Gasteiger partial charge < -0.3 is 15.2 Å². The average molecular weight is 461 g/mol. The van der Waals surface area contributed by atoms with Crippen LogP contribution in [0.5, 0.6) is 0 Å². The first-order valence-corrected chi connectivity index (χ1v) is 10.8. The van der Waals surface area contributed by atoms with Crippen molar-refractivity contribution in [2.24, 2.45) is 0 Å². The first kappa shape index (κ1) is 22.9. The number of carbonyl (C=O) groups is 2. The number of aliphatic hydroxyl groups is 1. The van der Waals surface area contributed by atoms with Gasteiger partial charge in [0.15, 0.2) is 6.61 Å². The fourth-order valence-corrected chi connectivity index (χ4v) is 3.98. The van der Waals surface area contributed by atoms with Crippen LogP contribution in [0.15, 0.2) is 66.7 Å². The third-order valence-corrected chi connectivity index (χ3v) is 5.57. The molecule has 0 aliphatic carbocycles. The van der Waals surface area contributed by atoms with Crippen molar-refractivity contribution in [3.63, 3.8) is 0 Å². The Hall–Kier alpha value is -4.24. The number of esters is 1. The molecule has 2 N–H and O–H groups in total. The van der Waals surface area contributed by atoms with Gasteiger partial charge >= 0.3 is 5.97 Å². The Morgan fingerprint density at radius 3 is 2.21 bits per heavy atom. The Bertz CT molecular complexity index is 1200. The Morgan fingerprint density at radius 2 is 1.62 bits per heavy atom.